The fourth-order valence-electron chi connectivity index (χ4n) is 2.00. The van der Waals surface area contributed by atoms with Crippen molar-refractivity contribution in [3.8, 4) is 0 Å². The zero-order valence-electron chi connectivity index (χ0n) is 9.84. The van der Waals surface area contributed by atoms with Gasteiger partial charge in [0.05, 0.1) is 12.1 Å². The quantitative estimate of drug-likeness (QED) is 0.849. The van der Waals surface area contributed by atoms with E-state index < -0.39 is 5.97 Å². The van der Waals surface area contributed by atoms with Gasteiger partial charge in [0, 0.05) is 11.3 Å². The van der Waals surface area contributed by atoms with Crippen molar-refractivity contribution >= 4 is 11.7 Å². The second-order valence-corrected chi connectivity index (χ2v) is 3.73. The molecule has 0 saturated carbocycles. The van der Waals surface area contributed by atoms with Crippen molar-refractivity contribution < 1.29 is 9.90 Å². The third kappa shape index (κ3) is 1.98. The minimum Gasteiger partial charge on any atom is -0.481 e. The summed E-state index contributed by atoms with van der Waals surface area (Å²) in [6.07, 6.45) is 2.82. The van der Waals surface area contributed by atoms with Gasteiger partial charge < -0.3 is 5.11 Å². The molecule has 6 heteroatoms. The highest BCUT2D eigenvalue weighted by Crippen LogP contribution is 2.16. The first-order chi connectivity index (χ1) is 8.17. The number of carbonyl (C=O) groups is 1. The lowest BCUT2D eigenvalue weighted by Gasteiger charge is -2.11. The SMILES string of the molecule is CCc1nc2ncnn2c(CC)c1CC(=O)O. The number of aromatic nitrogens is 4. The Hall–Kier alpha value is -1.98. The van der Waals surface area contributed by atoms with E-state index in [9.17, 15) is 4.79 Å². The average Bonchev–Trinajstić information content (AvgIpc) is 2.75. The molecule has 0 bridgehead atoms. The molecule has 0 atom stereocenters. The molecule has 0 radical (unpaired) electrons. The Balaban J connectivity index is 2.70. The van der Waals surface area contributed by atoms with E-state index in [2.05, 4.69) is 15.1 Å². The van der Waals surface area contributed by atoms with Crippen molar-refractivity contribution in [3.63, 3.8) is 0 Å². The van der Waals surface area contributed by atoms with E-state index in [0.717, 1.165) is 17.0 Å². The Kier molecular flexibility index (Phi) is 3.03. The number of rotatable bonds is 4. The van der Waals surface area contributed by atoms with Crippen molar-refractivity contribution in [2.45, 2.75) is 33.1 Å². The summed E-state index contributed by atoms with van der Waals surface area (Å²) in [6, 6.07) is 0. The molecule has 17 heavy (non-hydrogen) atoms. The molecular weight excluding hydrogens is 220 g/mol. The third-order valence-electron chi connectivity index (χ3n) is 2.71. The Morgan fingerprint density at radius 3 is 2.76 bits per heavy atom. The van der Waals surface area contributed by atoms with Gasteiger partial charge in [-0.2, -0.15) is 10.1 Å². The predicted molar refractivity (Wildman–Crippen MR) is 60.9 cm³/mol. The van der Waals surface area contributed by atoms with Gasteiger partial charge in [0.25, 0.3) is 5.78 Å². The molecule has 0 aliphatic rings. The zero-order chi connectivity index (χ0) is 12.4. The monoisotopic (exact) mass is 234 g/mol. The maximum Gasteiger partial charge on any atom is 0.307 e. The van der Waals surface area contributed by atoms with Crippen molar-refractivity contribution in [2.24, 2.45) is 0 Å². The zero-order valence-corrected chi connectivity index (χ0v) is 9.84. The fraction of sp³-hybridized carbons (Fsp3) is 0.455. The number of fused-ring (bicyclic) bond motifs is 1. The van der Waals surface area contributed by atoms with Gasteiger partial charge in [-0.25, -0.2) is 9.50 Å². The van der Waals surface area contributed by atoms with E-state index in [1.54, 1.807) is 4.52 Å². The molecule has 2 rings (SSSR count). The van der Waals surface area contributed by atoms with Crippen molar-refractivity contribution in [3.05, 3.63) is 23.3 Å². The van der Waals surface area contributed by atoms with Crippen LogP contribution in [0.2, 0.25) is 0 Å². The second-order valence-electron chi connectivity index (χ2n) is 3.73. The molecule has 1 N–H and O–H groups in total. The Labute approximate surface area is 98.3 Å². The van der Waals surface area contributed by atoms with Crippen LogP contribution >= 0.6 is 0 Å². The lowest BCUT2D eigenvalue weighted by atomic mass is 10.0. The largest absolute Gasteiger partial charge is 0.481 e. The molecule has 0 aliphatic carbocycles. The molecule has 2 heterocycles. The van der Waals surface area contributed by atoms with Gasteiger partial charge in [-0.05, 0) is 12.8 Å². The summed E-state index contributed by atoms with van der Waals surface area (Å²) in [5, 5.41) is 13.0. The van der Waals surface area contributed by atoms with E-state index in [-0.39, 0.29) is 6.42 Å². The first-order valence-corrected chi connectivity index (χ1v) is 5.59. The van der Waals surface area contributed by atoms with E-state index in [0.29, 0.717) is 18.6 Å². The van der Waals surface area contributed by atoms with Gasteiger partial charge in [-0.3, -0.25) is 4.79 Å². The van der Waals surface area contributed by atoms with Gasteiger partial charge in [-0.1, -0.05) is 13.8 Å². The van der Waals surface area contributed by atoms with Crippen LogP contribution in [0.4, 0.5) is 0 Å². The molecule has 0 amide bonds. The lowest BCUT2D eigenvalue weighted by molar-refractivity contribution is -0.136. The molecule has 0 aliphatic heterocycles. The molecule has 6 nitrogen and oxygen atoms in total. The van der Waals surface area contributed by atoms with Crippen molar-refractivity contribution in [1.82, 2.24) is 19.6 Å². The van der Waals surface area contributed by atoms with Gasteiger partial charge in [0.2, 0.25) is 0 Å². The van der Waals surface area contributed by atoms with Gasteiger partial charge in [0.1, 0.15) is 6.33 Å². The molecule has 2 aromatic rings. The third-order valence-corrected chi connectivity index (χ3v) is 2.71. The van der Waals surface area contributed by atoms with Crippen molar-refractivity contribution in [2.75, 3.05) is 0 Å². The smallest absolute Gasteiger partial charge is 0.307 e. The topological polar surface area (TPSA) is 80.4 Å². The molecule has 0 saturated heterocycles. The standard InChI is InChI=1S/C11H14N4O2/c1-3-8-7(5-10(16)17)9(4-2)15-11(14-8)12-6-13-15/h6H,3-5H2,1-2H3,(H,16,17). The summed E-state index contributed by atoms with van der Waals surface area (Å²) in [5.41, 5.74) is 2.44. The second kappa shape index (κ2) is 4.48. The van der Waals surface area contributed by atoms with Crippen LogP contribution in [0, 0.1) is 0 Å². The lowest BCUT2D eigenvalue weighted by Crippen LogP contribution is -2.13. The summed E-state index contributed by atoms with van der Waals surface area (Å²) < 4.78 is 1.62. The van der Waals surface area contributed by atoms with Gasteiger partial charge >= 0.3 is 5.97 Å². The normalized spacial score (nSPS) is 10.9. The number of carboxylic acids is 1. The minimum absolute atomic E-state index is 0.0187. The summed E-state index contributed by atoms with van der Waals surface area (Å²) in [7, 11) is 0. The first kappa shape index (κ1) is 11.5. The van der Waals surface area contributed by atoms with Crippen LogP contribution in [0.1, 0.15) is 30.8 Å². The first-order valence-electron chi connectivity index (χ1n) is 5.59. The highest BCUT2D eigenvalue weighted by atomic mass is 16.4. The molecular formula is C11H14N4O2. The van der Waals surface area contributed by atoms with E-state index in [4.69, 9.17) is 5.11 Å². The number of nitrogens with zero attached hydrogens (tertiary/aromatic N) is 4. The summed E-state index contributed by atoms with van der Waals surface area (Å²) >= 11 is 0. The Morgan fingerprint density at radius 2 is 2.18 bits per heavy atom. The van der Waals surface area contributed by atoms with Crippen LogP contribution in [-0.4, -0.2) is 30.7 Å². The van der Waals surface area contributed by atoms with Gasteiger partial charge in [0.15, 0.2) is 0 Å². The summed E-state index contributed by atoms with van der Waals surface area (Å²) in [5.74, 6) is -0.316. The van der Waals surface area contributed by atoms with Crippen LogP contribution in [0.25, 0.3) is 5.78 Å². The number of hydrogen-bond donors (Lipinski definition) is 1. The van der Waals surface area contributed by atoms with E-state index >= 15 is 0 Å². The number of carboxylic acid groups (broad SMARTS) is 1. The Morgan fingerprint density at radius 1 is 1.41 bits per heavy atom. The van der Waals surface area contributed by atoms with E-state index in [1.807, 2.05) is 13.8 Å². The van der Waals surface area contributed by atoms with Crippen LogP contribution in [0.15, 0.2) is 6.33 Å². The Bertz CT molecular complexity index is 562. The average molecular weight is 234 g/mol. The highest BCUT2D eigenvalue weighted by Gasteiger charge is 2.16. The molecule has 2 aromatic heterocycles. The summed E-state index contributed by atoms with van der Waals surface area (Å²) in [6.45, 7) is 3.93. The number of hydrogen-bond acceptors (Lipinski definition) is 4. The van der Waals surface area contributed by atoms with Crippen LogP contribution in [-0.2, 0) is 24.1 Å². The highest BCUT2D eigenvalue weighted by molar-refractivity contribution is 5.71. The van der Waals surface area contributed by atoms with Crippen LogP contribution in [0.5, 0.6) is 0 Å². The maximum absolute atomic E-state index is 10.9. The molecule has 90 valence electrons. The fourth-order valence-corrected chi connectivity index (χ4v) is 2.00. The van der Waals surface area contributed by atoms with Crippen LogP contribution in [0.3, 0.4) is 0 Å². The number of aliphatic carboxylic acids is 1. The summed E-state index contributed by atoms with van der Waals surface area (Å²) in [4.78, 5) is 19.3. The maximum atomic E-state index is 10.9. The molecule has 0 spiro atoms. The van der Waals surface area contributed by atoms with Crippen LogP contribution < -0.4 is 0 Å². The molecule has 0 unspecified atom stereocenters. The minimum atomic E-state index is -0.851. The molecule has 0 aromatic carbocycles. The van der Waals surface area contributed by atoms with Gasteiger partial charge in [-0.15, -0.1) is 0 Å². The molecule has 0 fully saturated rings. The van der Waals surface area contributed by atoms with Crippen molar-refractivity contribution in [1.29, 1.82) is 0 Å². The predicted octanol–water partition coefficient (Wildman–Crippen LogP) is 0.876. The van der Waals surface area contributed by atoms with E-state index in [1.165, 1.54) is 6.33 Å². The number of aryl methyl sites for hydroxylation is 2.